The van der Waals surface area contributed by atoms with Crippen LogP contribution in [-0.2, 0) is 0 Å². The Morgan fingerprint density at radius 3 is 2.85 bits per heavy atom. The third-order valence-electron chi connectivity index (χ3n) is 1.80. The minimum absolute atomic E-state index is 0.579. The van der Waals surface area contributed by atoms with E-state index in [4.69, 9.17) is 11.0 Å². The lowest BCUT2D eigenvalue weighted by molar-refractivity contribution is 1.52. The van der Waals surface area contributed by atoms with Gasteiger partial charge in [-0.25, -0.2) is 0 Å². The van der Waals surface area contributed by atoms with Gasteiger partial charge in [0.2, 0.25) is 0 Å². The van der Waals surface area contributed by atoms with Crippen LogP contribution in [0.5, 0.6) is 0 Å². The number of nitrogens with two attached hydrogens (primary N) is 1. The van der Waals surface area contributed by atoms with Gasteiger partial charge in [0.05, 0.1) is 5.69 Å². The predicted octanol–water partition coefficient (Wildman–Crippen LogP) is 3.12. The number of hydrogen-bond acceptors (Lipinski definition) is 3. The van der Waals surface area contributed by atoms with Crippen molar-refractivity contribution in [2.75, 3.05) is 5.73 Å². The Morgan fingerprint density at radius 2 is 2.23 bits per heavy atom. The highest BCUT2D eigenvalue weighted by atomic mass is 79.9. The lowest BCUT2D eigenvalue weighted by atomic mass is 10.2. The van der Waals surface area contributed by atoms with Crippen molar-refractivity contribution in [3.8, 4) is 6.07 Å². The minimum atomic E-state index is 0.579. The average Bonchev–Trinajstić information content (AvgIpc) is 2.44. The molecule has 0 aliphatic rings. The highest BCUT2D eigenvalue weighted by Crippen LogP contribution is 2.37. The first-order chi connectivity index (χ1) is 6.24. The van der Waals surface area contributed by atoms with E-state index < -0.39 is 0 Å². The Balaban J connectivity index is 2.95. The summed E-state index contributed by atoms with van der Waals surface area (Å²) < 4.78 is 1.99. The minimum Gasteiger partial charge on any atom is -0.396 e. The summed E-state index contributed by atoms with van der Waals surface area (Å²) in [5.74, 6) is 0. The largest absolute Gasteiger partial charge is 0.396 e. The Kier molecular flexibility index (Phi) is 1.98. The van der Waals surface area contributed by atoms with Crippen LogP contribution in [0.4, 0.5) is 5.69 Å². The number of rotatable bonds is 0. The normalized spacial score (nSPS) is 10.2. The molecule has 2 nitrogen and oxygen atoms in total. The first-order valence-corrected chi connectivity index (χ1v) is 5.21. The molecule has 2 aromatic rings. The second-order valence-corrected chi connectivity index (χ2v) is 4.48. The van der Waals surface area contributed by atoms with Gasteiger partial charge in [0.1, 0.15) is 10.9 Å². The zero-order valence-electron chi connectivity index (χ0n) is 6.54. The molecule has 0 atom stereocenters. The fraction of sp³-hybridized carbons (Fsp3) is 0. The number of benzene rings is 1. The van der Waals surface area contributed by atoms with E-state index in [1.165, 1.54) is 11.3 Å². The van der Waals surface area contributed by atoms with Crippen molar-refractivity contribution >= 4 is 43.0 Å². The number of fused-ring (bicyclic) bond motifs is 1. The third-order valence-corrected chi connectivity index (χ3v) is 3.54. The van der Waals surface area contributed by atoms with E-state index in [-0.39, 0.29) is 0 Å². The summed E-state index contributed by atoms with van der Waals surface area (Å²) >= 11 is 4.83. The number of nitrogen functional groups attached to an aromatic ring is 1. The standard InChI is InChI=1S/C9H5BrN2S/c10-5-2-1-3-6-8(5)9(12)7(4-11)13-6/h1-3H,12H2. The molecule has 1 heterocycles. The molecule has 0 unspecified atom stereocenters. The van der Waals surface area contributed by atoms with Gasteiger partial charge in [-0.2, -0.15) is 5.26 Å². The van der Waals surface area contributed by atoms with E-state index in [2.05, 4.69) is 22.0 Å². The molecule has 0 aliphatic carbocycles. The fourth-order valence-corrected chi connectivity index (χ4v) is 2.87. The summed E-state index contributed by atoms with van der Waals surface area (Å²) in [7, 11) is 0. The molecule has 0 aliphatic heterocycles. The van der Waals surface area contributed by atoms with Crippen LogP contribution in [-0.4, -0.2) is 0 Å². The number of anilines is 1. The van der Waals surface area contributed by atoms with Crippen molar-refractivity contribution in [1.82, 2.24) is 0 Å². The van der Waals surface area contributed by atoms with Crippen LogP contribution in [0.25, 0.3) is 10.1 Å². The smallest absolute Gasteiger partial charge is 0.129 e. The summed E-state index contributed by atoms with van der Waals surface area (Å²) in [5.41, 5.74) is 6.39. The van der Waals surface area contributed by atoms with Crippen molar-refractivity contribution in [3.05, 3.63) is 27.5 Å². The average molecular weight is 253 g/mol. The summed E-state index contributed by atoms with van der Waals surface area (Å²) in [6.07, 6.45) is 0. The second kappa shape index (κ2) is 3.02. The molecule has 64 valence electrons. The van der Waals surface area contributed by atoms with Crippen molar-refractivity contribution < 1.29 is 0 Å². The van der Waals surface area contributed by atoms with E-state index in [9.17, 15) is 0 Å². The molecule has 4 heteroatoms. The molecule has 0 saturated heterocycles. The molecule has 2 rings (SSSR count). The molecule has 1 aromatic heterocycles. The lowest BCUT2D eigenvalue weighted by Gasteiger charge is -1.93. The second-order valence-electron chi connectivity index (χ2n) is 2.57. The first-order valence-electron chi connectivity index (χ1n) is 3.60. The maximum Gasteiger partial charge on any atom is 0.129 e. The van der Waals surface area contributed by atoms with E-state index in [1.54, 1.807) is 0 Å². The molecule has 13 heavy (non-hydrogen) atoms. The molecular weight excluding hydrogens is 248 g/mol. The Bertz CT molecular complexity index is 510. The SMILES string of the molecule is N#Cc1sc2cccc(Br)c2c1N. The van der Waals surface area contributed by atoms with Crippen molar-refractivity contribution in [1.29, 1.82) is 5.26 Å². The Labute approximate surface area is 87.7 Å². The Morgan fingerprint density at radius 1 is 1.46 bits per heavy atom. The fourth-order valence-electron chi connectivity index (χ4n) is 1.21. The van der Waals surface area contributed by atoms with Gasteiger partial charge in [-0.1, -0.05) is 22.0 Å². The van der Waals surface area contributed by atoms with Crippen molar-refractivity contribution in [2.45, 2.75) is 0 Å². The maximum absolute atomic E-state index is 8.78. The Hall–Kier alpha value is -1.05. The maximum atomic E-state index is 8.78. The van der Waals surface area contributed by atoms with Crippen LogP contribution >= 0.6 is 27.3 Å². The molecule has 0 spiro atoms. The van der Waals surface area contributed by atoms with Crippen LogP contribution in [0, 0.1) is 11.3 Å². The van der Waals surface area contributed by atoms with Gasteiger partial charge in [-0.05, 0) is 12.1 Å². The molecule has 2 N–H and O–H groups in total. The molecule has 1 aromatic carbocycles. The number of halogens is 1. The predicted molar refractivity (Wildman–Crippen MR) is 58.7 cm³/mol. The van der Waals surface area contributed by atoms with Gasteiger partial charge in [-0.15, -0.1) is 11.3 Å². The number of thiophene rings is 1. The molecule has 0 fully saturated rings. The third kappa shape index (κ3) is 1.21. The van der Waals surface area contributed by atoms with E-state index in [0.29, 0.717) is 10.6 Å². The van der Waals surface area contributed by atoms with Crippen LogP contribution in [0.3, 0.4) is 0 Å². The first kappa shape index (κ1) is 8.54. The highest BCUT2D eigenvalue weighted by Gasteiger charge is 2.10. The number of hydrogen-bond donors (Lipinski definition) is 1. The number of nitrogens with zero attached hydrogens (tertiary/aromatic N) is 1. The van der Waals surface area contributed by atoms with E-state index in [0.717, 1.165) is 14.6 Å². The van der Waals surface area contributed by atoms with Crippen molar-refractivity contribution in [2.24, 2.45) is 0 Å². The summed E-state index contributed by atoms with van der Waals surface area (Å²) in [5, 5.41) is 9.72. The summed E-state index contributed by atoms with van der Waals surface area (Å²) in [6, 6.07) is 7.90. The van der Waals surface area contributed by atoms with Gasteiger partial charge >= 0.3 is 0 Å². The van der Waals surface area contributed by atoms with Crippen LogP contribution in [0.2, 0.25) is 0 Å². The van der Waals surface area contributed by atoms with Crippen LogP contribution < -0.4 is 5.73 Å². The quantitative estimate of drug-likeness (QED) is 0.784. The molecule has 0 bridgehead atoms. The van der Waals surface area contributed by atoms with Crippen LogP contribution in [0.1, 0.15) is 4.88 Å². The van der Waals surface area contributed by atoms with Crippen LogP contribution in [0.15, 0.2) is 22.7 Å². The van der Waals surface area contributed by atoms with Gasteiger partial charge in [0, 0.05) is 14.6 Å². The van der Waals surface area contributed by atoms with E-state index in [1.807, 2.05) is 18.2 Å². The molecule has 0 saturated carbocycles. The molecular formula is C9H5BrN2S. The topological polar surface area (TPSA) is 49.8 Å². The zero-order chi connectivity index (χ0) is 9.42. The highest BCUT2D eigenvalue weighted by molar-refractivity contribution is 9.10. The summed E-state index contributed by atoms with van der Waals surface area (Å²) in [4.78, 5) is 0.585. The van der Waals surface area contributed by atoms with E-state index >= 15 is 0 Å². The number of nitriles is 1. The van der Waals surface area contributed by atoms with Gasteiger partial charge in [-0.3, -0.25) is 0 Å². The lowest BCUT2D eigenvalue weighted by Crippen LogP contribution is -1.84. The monoisotopic (exact) mass is 252 g/mol. The molecule has 0 amide bonds. The van der Waals surface area contributed by atoms with Gasteiger partial charge in [0.15, 0.2) is 0 Å². The van der Waals surface area contributed by atoms with Gasteiger partial charge < -0.3 is 5.73 Å². The molecule has 0 radical (unpaired) electrons. The van der Waals surface area contributed by atoms with Crippen molar-refractivity contribution in [3.63, 3.8) is 0 Å². The van der Waals surface area contributed by atoms with Gasteiger partial charge in [0.25, 0.3) is 0 Å². The summed E-state index contributed by atoms with van der Waals surface area (Å²) in [6.45, 7) is 0. The zero-order valence-corrected chi connectivity index (χ0v) is 8.95.